The molecule has 2 aliphatic rings. The third-order valence-electron chi connectivity index (χ3n) is 8.98. The van der Waals surface area contributed by atoms with Crippen LogP contribution in [0.15, 0.2) is 69.1 Å². The molecule has 3 rings (SSSR count). The lowest BCUT2D eigenvalue weighted by Gasteiger charge is -2.36. The monoisotopic (exact) mass is 624 g/mol. The molecule has 2 aliphatic carbocycles. The molecule has 0 radical (unpaired) electrons. The van der Waals surface area contributed by atoms with E-state index in [2.05, 4.69) is 161 Å². The molecule has 0 heterocycles. The number of carbonyl (C=O) groups excluding carboxylic acids is 2. The quantitative estimate of drug-likeness (QED) is 0.308. The molecule has 3 heteroatoms. The topological polar surface area (TPSA) is 51.2 Å². The molecular weight excluding hydrogens is 564 g/mol. The maximum atomic E-state index is 14.0. The van der Waals surface area contributed by atoms with Crippen molar-refractivity contribution in [1.82, 2.24) is 0 Å². The van der Waals surface area contributed by atoms with E-state index in [0.717, 1.165) is 56.0 Å². The van der Waals surface area contributed by atoms with Crippen LogP contribution < -0.4 is 5.43 Å². The van der Waals surface area contributed by atoms with E-state index < -0.39 is 32.5 Å². The summed E-state index contributed by atoms with van der Waals surface area (Å²) in [5, 5.41) is 0. The Morgan fingerprint density at radius 2 is 0.935 bits per heavy atom. The Hall–Kier alpha value is -3.07. The van der Waals surface area contributed by atoms with Crippen LogP contribution in [0, 0.1) is 27.6 Å². The first-order valence-corrected chi connectivity index (χ1v) is 16.8. The van der Waals surface area contributed by atoms with Crippen LogP contribution in [0.3, 0.4) is 0 Å². The van der Waals surface area contributed by atoms with Gasteiger partial charge in [0.05, 0.1) is 11.5 Å². The van der Waals surface area contributed by atoms with E-state index >= 15 is 0 Å². The molecule has 0 bridgehead atoms. The Bertz CT molecular complexity index is 1570. The van der Waals surface area contributed by atoms with Crippen LogP contribution in [0.2, 0.25) is 0 Å². The summed E-state index contributed by atoms with van der Waals surface area (Å²) in [6, 6.07) is 4.12. The maximum Gasteiger partial charge on any atom is 0.288 e. The molecule has 0 unspecified atom stereocenters. The summed E-state index contributed by atoms with van der Waals surface area (Å²) < 4.78 is 0. The molecule has 0 aromatic heterocycles. The van der Waals surface area contributed by atoms with Crippen molar-refractivity contribution in [2.75, 3.05) is 0 Å². The van der Waals surface area contributed by atoms with Crippen LogP contribution in [-0.2, 0) is 20.4 Å². The number of ketones is 2. The summed E-state index contributed by atoms with van der Waals surface area (Å²) in [5.74, 6) is 0.904. The van der Waals surface area contributed by atoms with E-state index in [-0.39, 0.29) is 17.0 Å². The van der Waals surface area contributed by atoms with Gasteiger partial charge in [-0.05, 0) is 86.5 Å². The maximum absolute atomic E-state index is 14.0. The number of carbonyl (C=O) groups is 2. The van der Waals surface area contributed by atoms with Crippen LogP contribution in [-0.4, -0.2) is 11.6 Å². The van der Waals surface area contributed by atoms with Crippen molar-refractivity contribution in [2.45, 2.75) is 135 Å². The summed E-state index contributed by atoms with van der Waals surface area (Å²) in [6.07, 6.45) is 8.24. The van der Waals surface area contributed by atoms with Crippen molar-refractivity contribution in [1.29, 1.82) is 0 Å². The minimum absolute atomic E-state index is 0.0736. The third-order valence-corrected chi connectivity index (χ3v) is 8.98. The lowest BCUT2D eigenvalue weighted by atomic mass is 9.66. The second-order valence-corrected chi connectivity index (χ2v) is 19.6. The molecule has 0 amide bonds. The molecule has 0 N–H and O–H groups in total. The first-order valence-electron chi connectivity index (χ1n) is 16.8. The van der Waals surface area contributed by atoms with Crippen molar-refractivity contribution >= 4 is 17.1 Å². The average molecular weight is 625 g/mol. The predicted octanol–water partition coefficient (Wildman–Crippen LogP) is 10.7. The van der Waals surface area contributed by atoms with Crippen LogP contribution in [0.5, 0.6) is 0 Å². The first-order chi connectivity index (χ1) is 20.4. The molecule has 1 aromatic rings. The highest BCUT2D eigenvalue weighted by Crippen LogP contribution is 2.47. The van der Waals surface area contributed by atoms with Gasteiger partial charge >= 0.3 is 0 Å². The number of Topliss-reactive ketones (excluding diaryl/α,β-unsaturated/α-hetero) is 2. The van der Waals surface area contributed by atoms with Gasteiger partial charge in [-0.1, -0.05) is 123 Å². The minimum atomic E-state index is -0.393. The van der Waals surface area contributed by atoms with Crippen molar-refractivity contribution < 1.29 is 9.59 Å². The summed E-state index contributed by atoms with van der Waals surface area (Å²) in [5.41, 5.74) is 5.20. The van der Waals surface area contributed by atoms with Crippen LogP contribution in [0.1, 0.15) is 141 Å². The molecule has 3 nitrogen and oxygen atoms in total. The Morgan fingerprint density at radius 1 is 0.543 bits per heavy atom. The molecule has 0 fully saturated rings. The Morgan fingerprint density at radius 3 is 1.26 bits per heavy atom. The fourth-order valence-electron chi connectivity index (χ4n) is 6.16. The fraction of sp³-hybridized carbons (Fsp3) is 0.558. The summed E-state index contributed by atoms with van der Waals surface area (Å²) in [4.78, 5) is 42.1. The van der Waals surface area contributed by atoms with Crippen LogP contribution >= 0.6 is 0 Å². The van der Waals surface area contributed by atoms with Gasteiger partial charge in [-0.15, -0.1) is 17.7 Å². The normalized spacial score (nSPS) is 17.5. The third kappa shape index (κ3) is 7.56. The Kier molecular flexibility index (Phi) is 9.40. The molecule has 250 valence electrons. The van der Waals surface area contributed by atoms with Crippen LogP contribution in [0.25, 0.3) is 5.57 Å². The van der Waals surface area contributed by atoms with E-state index in [9.17, 15) is 14.4 Å². The van der Waals surface area contributed by atoms with Gasteiger partial charge in [-0.3, -0.25) is 9.59 Å². The largest absolute Gasteiger partial charge is 0.307 e. The Balaban J connectivity index is 2.74. The zero-order valence-corrected chi connectivity index (χ0v) is 32.2. The number of allylic oxidation sites excluding steroid dienone is 10. The zero-order chi connectivity index (χ0) is 35.7. The lowest BCUT2D eigenvalue weighted by molar-refractivity contribution is -0.116. The van der Waals surface area contributed by atoms with E-state index in [0.29, 0.717) is 0 Å². The second-order valence-electron chi connectivity index (χ2n) is 19.6. The van der Waals surface area contributed by atoms with E-state index in [4.69, 9.17) is 0 Å². The minimum Gasteiger partial charge on any atom is -0.307 e. The molecule has 1 aromatic carbocycles. The van der Waals surface area contributed by atoms with Crippen molar-refractivity contribution in [3.63, 3.8) is 0 Å². The highest BCUT2D eigenvalue weighted by atomic mass is 16.1. The highest BCUT2D eigenvalue weighted by molar-refractivity contribution is 6.14. The molecule has 46 heavy (non-hydrogen) atoms. The van der Waals surface area contributed by atoms with Gasteiger partial charge in [0.15, 0.2) is 5.78 Å². The van der Waals surface area contributed by atoms with Gasteiger partial charge in [0.2, 0.25) is 0 Å². The van der Waals surface area contributed by atoms with Gasteiger partial charge in [-0.25, -0.2) is 0 Å². The molecule has 0 aliphatic heterocycles. The molecule has 0 spiro atoms. The lowest BCUT2D eigenvalue weighted by Crippen LogP contribution is -2.33. The van der Waals surface area contributed by atoms with Crippen LogP contribution in [0.4, 0.5) is 0 Å². The van der Waals surface area contributed by atoms with E-state index in [1.54, 1.807) is 0 Å². The SMILES string of the molecule is CC(C)(C)C1=CC(=C(C2=C[C+](C(C)(C)C)C(=O)C(C(C)(C)C)=C2)[c-]2cc(C(C)(C)C)c(=O)c(C(C)(C)C)c2)C=C(C(C)(C)C)C1=O. The second kappa shape index (κ2) is 11.6. The zero-order valence-electron chi connectivity index (χ0n) is 32.2. The number of hydrogen-bond donors (Lipinski definition) is 0. The van der Waals surface area contributed by atoms with E-state index in [1.807, 2.05) is 0 Å². The summed E-state index contributed by atoms with van der Waals surface area (Å²) in [7, 11) is 0. The molecule has 0 saturated carbocycles. The number of rotatable bonds is 2. The molecule has 0 saturated heterocycles. The molecule has 0 atom stereocenters. The molecular formula is C43H60O3. The number of benzene rings is 1. The van der Waals surface area contributed by atoms with Crippen molar-refractivity contribution in [3.8, 4) is 0 Å². The fourth-order valence-corrected chi connectivity index (χ4v) is 6.16. The highest BCUT2D eigenvalue weighted by Gasteiger charge is 2.44. The van der Waals surface area contributed by atoms with Crippen molar-refractivity contribution in [3.05, 3.63) is 97.1 Å². The average Bonchev–Trinajstić information content (AvgIpc) is 2.82. The predicted molar refractivity (Wildman–Crippen MR) is 196 cm³/mol. The standard InChI is InChI=1S/C43H60O3/c1-38(2,3)28-19-25(20-29(35(28)44)39(4,5)6)34(26-21-30(40(7,8)9)36(45)31(22-26)41(10,11)12)27-23-32(42(13,14)15)37(46)33(24-27)43(16,17)18/h19-24H,1-18H3. The van der Waals surface area contributed by atoms with Crippen molar-refractivity contribution in [2.24, 2.45) is 21.7 Å². The van der Waals surface area contributed by atoms with E-state index in [1.165, 1.54) is 0 Å². The Labute approximate surface area is 280 Å². The van der Waals surface area contributed by atoms with Gasteiger partial charge in [0.1, 0.15) is 5.43 Å². The summed E-state index contributed by atoms with van der Waals surface area (Å²) >= 11 is 0. The number of hydrogen-bond acceptors (Lipinski definition) is 3. The smallest absolute Gasteiger partial charge is 0.288 e. The first kappa shape index (κ1) is 37.4. The summed E-state index contributed by atoms with van der Waals surface area (Å²) in [6.45, 7) is 37.6. The van der Waals surface area contributed by atoms with Gasteiger partial charge in [0.25, 0.3) is 5.78 Å². The van der Waals surface area contributed by atoms with Gasteiger partial charge < -0.3 is 4.79 Å². The van der Waals surface area contributed by atoms with Gasteiger partial charge in [-0.2, -0.15) is 0 Å². The van der Waals surface area contributed by atoms with Gasteiger partial charge in [0, 0.05) is 10.8 Å².